The number of carboxylic acids is 1. The first-order valence-electron chi connectivity index (χ1n) is 9.03. The van der Waals surface area contributed by atoms with Crippen LogP contribution in [-0.4, -0.2) is 56.9 Å². The molecule has 0 aromatic heterocycles. The van der Waals surface area contributed by atoms with Gasteiger partial charge < -0.3 is 25.2 Å². The lowest BCUT2D eigenvalue weighted by molar-refractivity contribution is -0.137. The van der Waals surface area contributed by atoms with Gasteiger partial charge in [-0.1, -0.05) is 44.8 Å². The second-order valence-corrected chi connectivity index (χ2v) is 6.57. The predicted octanol–water partition coefficient (Wildman–Crippen LogP) is 2.01. The van der Waals surface area contributed by atoms with Crippen LogP contribution in [0.5, 0.6) is 0 Å². The summed E-state index contributed by atoms with van der Waals surface area (Å²) in [6.07, 6.45) is 6.89. The number of rotatable bonds is 12. The van der Waals surface area contributed by atoms with Crippen molar-refractivity contribution in [2.45, 2.75) is 95.2 Å². The molecule has 140 valence electrons. The summed E-state index contributed by atoms with van der Waals surface area (Å²) in [5, 5.41) is 38.2. The highest BCUT2D eigenvalue weighted by molar-refractivity contribution is 5.66. The topological polar surface area (TPSA) is 107 Å². The van der Waals surface area contributed by atoms with Crippen molar-refractivity contribution in [2.75, 3.05) is 0 Å². The van der Waals surface area contributed by atoms with Crippen LogP contribution in [0.25, 0.3) is 0 Å². The fourth-order valence-electron chi connectivity index (χ4n) is 2.86. The maximum atomic E-state index is 10.4. The van der Waals surface area contributed by atoms with Gasteiger partial charge in [0.05, 0.1) is 24.4 Å². The Hall–Kier alpha value is -0.950. The molecule has 0 spiro atoms. The monoisotopic (exact) mass is 344 g/mol. The molecule has 0 unspecified atom stereocenters. The van der Waals surface area contributed by atoms with E-state index in [1.165, 1.54) is 0 Å². The first-order valence-corrected chi connectivity index (χ1v) is 9.03. The van der Waals surface area contributed by atoms with Crippen LogP contribution < -0.4 is 0 Å². The van der Waals surface area contributed by atoms with E-state index in [-0.39, 0.29) is 12.5 Å². The first kappa shape index (κ1) is 21.1. The van der Waals surface area contributed by atoms with Gasteiger partial charge in [0.2, 0.25) is 0 Å². The molecule has 0 saturated carbocycles. The minimum absolute atomic E-state index is 0.220. The van der Waals surface area contributed by atoms with E-state index < -0.39 is 30.4 Å². The highest BCUT2D eigenvalue weighted by atomic mass is 16.5. The molecule has 0 amide bonds. The van der Waals surface area contributed by atoms with Gasteiger partial charge in [0.15, 0.2) is 0 Å². The molecule has 0 radical (unpaired) electrons. The maximum Gasteiger partial charge on any atom is 0.303 e. The molecule has 1 saturated heterocycles. The minimum Gasteiger partial charge on any atom is -0.481 e. The van der Waals surface area contributed by atoms with Crippen LogP contribution in [0, 0.1) is 0 Å². The molecule has 24 heavy (non-hydrogen) atoms. The smallest absolute Gasteiger partial charge is 0.303 e. The number of hydrogen-bond donors (Lipinski definition) is 4. The van der Waals surface area contributed by atoms with Gasteiger partial charge in [0.1, 0.15) is 6.10 Å². The van der Waals surface area contributed by atoms with Crippen LogP contribution >= 0.6 is 0 Å². The van der Waals surface area contributed by atoms with Crippen molar-refractivity contribution in [2.24, 2.45) is 0 Å². The summed E-state index contributed by atoms with van der Waals surface area (Å²) in [6, 6.07) is 0. The number of hydrogen-bond acceptors (Lipinski definition) is 5. The number of unbranched alkanes of at least 4 members (excludes halogenated alkanes) is 4. The highest BCUT2D eigenvalue weighted by Crippen LogP contribution is 2.26. The highest BCUT2D eigenvalue weighted by Gasteiger charge is 2.36. The summed E-state index contributed by atoms with van der Waals surface area (Å²) in [5.74, 6) is -0.752. The van der Waals surface area contributed by atoms with Crippen molar-refractivity contribution in [1.82, 2.24) is 0 Å². The van der Waals surface area contributed by atoms with E-state index >= 15 is 0 Å². The SMILES string of the molecule is CC[C@H](O)/C=C/[C@H]1O[C@@H]([C@@H](O)CCCCCCCC(=O)O)C[C@H]1O. The fraction of sp³-hybridized carbons (Fsp3) is 0.833. The van der Waals surface area contributed by atoms with Crippen LogP contribution in [0.3, 0.4) is 0 Å². The average Bonchev–Trinajstić information content (AvgIpc) is 2.92. The Morgan fingerprint density at radius 2 is 1.88 bits per heavy atom. The number of ether oxygens (including phenoxy) is 1. The molecule has 0 aliphatic carbocycles. The summed E-state index contributed by atoms with van der Waals surface area (Å²) in [7, 11) is 0. The number of aliphatic hydroxyl groups is 3. The van der Waals surface area contributed by atoms with Crippen molar-refractivity contribution < 1.29 is 30.0 Å². The summed E-state index contributed by atoms with van der Waals surface area (Å²) in [5.41, 5.74) is 0. The number of aliphatic carboxylic acids is 1. The Morgan fingerprint density at radius 1 is 1.21 bits per heavy atom. The molecule has 0 bridgehead atoms. The summed E-state index contributed by atoms with van der Waals surface area (Å²) in [6.45, 7) is 1.87. The first-order chi connectivity index (χ1) is 11.4. The van der Waals surface area contributed by atoms with E-state index in [9.17, 15) is 20.1 Å². The molecule has 1 rings (SSSR count). The molecule has 1 fully saturated rings. The van der Waals surface area contributed by atoms with Crippen LogP contribution in [0.4, 0.5) is 0 Å². The molecular weight excluding hydrogens is 312 g/mol. The zero-order valence-electron chi connectivity index (χ0n) is 14.5. The van der Waals surface area contributed by atoms with E-state index in [2.05, 4.69) is 0 Å². The van der Waals surface area contributed by atoms with Gasteiger partial charge in [0.25, 0.3) is 0 Å². The lowest BCUT2D eigenvalue weighted by Gasteiger charge is -2.18. The number of carbonyl (C=O) groups is 1. The van der Waals surface area contributed by atoms with Crippen molar-refractivity contribution in [3.63, 3.8) is 0 Å². The van der Waals surface area contributed by atoms with Crippen LogP contribution in [0.1, 0.15) is 64.7 Å². The molecule has 0 aromatic carbocycles. The average molecular weight is 344 g/mol. The molecule has 5 atom stereocenters. The van der Waals surface area contributed by atoms with Gasteiger partial charge in [-0.3, -0.25) is 4.79 Å². The number of carboxylic acid groups (broad SMARTS) is 1. The molecule has 1 aliphatic heterocycles. The maximum absolute atomic E-state index is 10.4. The zero-order chi connectivity index (χ0) is 17.9. The summed E-state index contributed by atoms with van der Waals surface area (Å²) >= 11 is 0. The van der Waals surface area contributed by atoms with Gasteiger partial charge in [0, 0.05) is 12.8 Å². The van der Waals surface area contributed by atoms with E-state index in [1.807, 2.05) is 6.92 Å². The third-order valence-electron chi connectivity index (χ3n) is 4.45. The fourth-order valence-corrected chi connectivity index (χ4v) is 2.86. The van der Waals surface area contributed by atoms with Crippen molar-refractivity contribution in [3.05, 3.63) is 12.2 Å². The van der Waals surface area contributed by atoms with Gasteiger partial charge in [-0.15, -0.1) is 0 Å². The molecule has 0 aromatic rings. The minimum atomic E-state index is -0.752. The largest absolute Gasteiger partial charge is 0.481 e. The van der Waals surface area contributed by atoms with Crippen molar-refractivity contribution >= 4 is 5.97 Å². The molecule has 6 nitrogen and oxygen atoms in total. The lowest BCUT2D eigenvalue weighted by Crippen LogP contribution is -2.26. The van der Waals surface area contributed by atoms with Crippen LogP contribution in [0.15, 0.2) is 12.2 Å². The van der Waals surface area contributed by atoms with Crippen molar-refractivity contribution in [1.29, 1.82) is 0 Å². The third kappa shape index (κ3) is 8.24. The Bertz CT molecular complexity index is 384. The number of aliphatic hydroxyl groups excluding tert-OH is 3. The summed E-state index contributed by atoms with van der Waals surface area (Å²) in [4.78, 5) is 10.4. The summed E-state index contributed by atoms with van der Waals surface area (Å²) < 4.78 is 5.69. The van der Waals surface area contributed by atoms with E-state index in [0.717, 1.165) is 25.7 Å². The van der Waals surface area contributed by atoms with Crippen molar-refractivity contribution in [3.8, 4) is 0 Å². The van der Waals surface area contributed by atoms with E-state index in [0.29, 0.717) is 25.7 Å². The second kappa shape index (κ2) is 11.6. The Morgan fingerprint density at radius 3 is 2.54 bits per heavy atom. The van der Waals surface area contributed by atoms with Crippen LogP contribution in [-0.2, 0) is 9.53 Å². The Balaban J connectivity index is 2.18. The van der Waals surface area contributed by atoms with E-state index in [4.69, 9.17) is 9.84 Å². The van der Waals surface area contributed by atoms with Crippen LogP contribution in [0.2, 0.25) is 0 Å². The quantitative estimate of drug-likeness (QED) is 0.319. The Labute approximate surface area is 144 Å². The second-order valence-electron chi connectivity index (χ2n) is 6.57. The standard InChI is InChI=1S/C18H32O6/c1-2-13(19)10-11-16-15(21)12-17(24-16)14(20)8-6-4-3-5-7-9-18(22)23/h10-11,13-17,19-21H,2-9,12H2,1H3,(H,22,23)/b11-10+/t13-,14-,15+,16+,17+/m0/s1. The Kier molecular flexibility index (Phi) is 10.2. The lowest BCUT2D eigenvalue weighted by atomic mass is 10.0. The van der Waals surface area contributed by atoms with Gasteiger partial charge in [-0.05, 0) is 19.3 Å². The van der Waals surface area contributed by atoms with E-state index in [1.54, 1.807) is 12.2 Å². The molecular formula is C18H32O6. The van der Waals surface area contributed by atoms with Gasteiger partial charge in [-0.25, -0.2) is 0 Å². The predicted molar refractivity (Wildman–Crippen MR) is 90.7 cm³/mol. The molecule has 1 heterocycles. The third-order valence-corrected chi connectivity index (χ3v) is 4.45. The molecule has 6 heteroatoms. The normalized spacial score (nSPS) is 26.8. The molecule has 1 aliphatic rings. The van der Waals surface area contributed by atoms with Gasteiger partial charge >= 0.3 is 5.97 Å². The van der Waals surface area contributed by atoms with Gasteiger partial charge in [-0.2, -0.15) is 0 Å². The molecule has 4 N–H and O–H groups in total. The zero-order valence-corrected chi connectivity index (χ0v) is 14.5.